The van der Waals surface area contributed by atoms with Crippen molar-refractivity contribution in [3.05, 3.63) is 12.2 Å². The van der Waals surface area contributed by atoms with Crippen LogP contribution in [0.2, 0.25) is 0 Å². The fourth-order valence-corrected chi connectivity index (χ4v) is 0. The minimum Gasteiger partial charge on any atom is -0.478 e. The highest BCUT2D eigenvalue weighted by Crippen LogP contribution is 1.81. The normalized spacial score (nSPS) is 5.00. The Morgan fingerprint density at radius 2 is 1.56 bits per heavy atom. The molecule has 0 fully saturated rings. The summed E-state index contributed by atoms with van der Waals surface area (Å²) in [5.74, 6) is -0.935. The van der Waals surface area contributed by atoms with Crippen molar-refractivity contribution in [3.8, 4) is 0 Å². The van der Waals surface area contributed by atoms with Gasteiger partial charge in [-0.25, -0.2) is 4.79 Å². The van der Waals surface area contributed by atoms with Crippen LogP contribution >= 0.6 is 0 Å². The zero-order valence-corrected chi connectivity index (χ0v) is 6.29. The molecule has 0 heterocycles. The van der Waals surface area contributed by atoms with E-state index in [-0.39, 0.29) is 33.9 Å². The monoisotopic (exact) mass is 149 g/mol. The van der Waals surface area contributed by atoms with Gasteiger partial charge in [0.1, 0.15) is 0 Å². The molecule has 0 aromatic carbocycles. The van der Waals surface area contributed by atoms with Gasteiger partial charge in [0.2, 0.25) is 0 Å². The molecule has 0 rings (SSSR count). The average Bonchev–Trinajstić information content (AvgIpc) is 1.36. The molecular formula is C4H10AlO4. The maximum absolute atomic E-state index is 9.60. The smallest absolute Gasteiger partial charge is 0.330 e. The summed E-state index contributed by atoms with van der Waals surface area (Å²) >= 11 is 0. The predicted molar refractivity (Wildman–Crippen MR) is 35.4 cm³/mol. The molecule has 4 nitrogen and oxygen atoms in total. The summed E-state index contributed by atoms with van der Waals surface area (Å²) in [6, 6.07) is 0. The number of carboxylic acids is 1. The fraction of sp³-hybridized carbons (Fsp3) is 0.250. The van der Waals surface area contributed by atoms with Crippen LogP contribution in [0, 0.1) is 0 Å². The number of rotatable bonds is 1. The van der Waals surface area contributed by atoms with Crippen molar-refractivity contribution in [1.29, 1.82) is 0 Å². The van der Waals surface area contributed by atoms with Crippen molar-refractivity contribution in [3.63, 3.8) is 0 Å². The first-order valence-electron chi connectivity index (χ1n) is 1.53. The molecule has 0 aliphatic heterocycles. The predicted octanol–water partition coefficient (Wildman–Crippen LogP) is -1.38. The summed E-state index contributed by atoms with van der Waals surface area (Å²) in [7, 11) is 0. The van der Waals surface area contributed by atoms with Crippen LogP contribution in [0.15, 0.2) is 12.2 Å². The van der Waals surface area contributed by atoms with Crippen LogP contribution < -0.4 is 0 Å². The maximum Gasteiger partial charge on any atom is 0.330 e. The van der Waals surface area contributed by atoms with Gasteiger partial charge in [-0.05, 0) is 6.92 Å². The standard InChI is InChI=1S/C4H6O2.Al.2H2O/c1-3(2)4(5)6;;;/h1H2,2H3,(H,5,6);;2*1H2. The first kappa shape index (κ1) is 23.4. The first-order chi connectivity index (χ1) is 2.64. The van der Waals surface area contributed by atoms with Gasteiger partial charge in [-0.15, -0.1) is 0 Å². The molecule has 0 saturated carbocycles. The van der Waals surface area contributed by atoms with Crippen molar-refractivity contribution >= 4 is 23.3 Å². The van der Waals surface area contributed by atoms with E-state index in [9.17, 15) is 4.79 Å². The summed E-state index contributed by atoms with van der Waals surface area (Å²) in [6.07, 6.45) is 0. The van der Waals surface area contributed by atoms with Gasteiger partial charge in [-0.2, -0.15) is 0 Å². The van der Waals surface area contributed by atoms with E-state index in [0.717, 1.165) is 0 Å². The Morgan fingerprint density at radius 1 is 1.44 bits per heavy atom. The second-order valence-electron chi connectivity index (χ2n) is 1.09. The van der Waals surface area contributed by atoms with Crippen LogP contribution in [-0.2, 0) is 4.79 Å². The zero-order valence-electron chi connectivity index (χ0n) is 5.14. The van der Waals surface area contributed by atoms with E-state index in [4.69, 9.17) is 5.11 Å². The number of aliphatic carboxylic acids is 1. The van der Waals surface area contributed by atoms with Crippen LogP contribution in [0.5, 0.6) is 0 Å². The van der Waals surface area contributed by atoms with Gasteiger partial charge in [0, 0.05) is 22.9 Å². The van der Waals surface area contributed by atoms with Crippen molar-refractivity contribution in [2.24, 2.45) is 0 Å². The van der Waals surface area contributed by atoms with E-state index in [1.807, 2.05) is 0 Å². The van der Waals surface area contributed by atoms with Crippen molar-refractivity contribution < 1.29 is 20.9 Å². The third kappa shape index (κ3) is 18.3. The molecule has 3 radical (unpaired) electrons. The van der Waals surface area contributed by atoms with E-state index < -0.39 is 5.97 Å². The summed E-state index contributed by atoms with van der Waals surface area (Å²) in [5.41, 5.74) is 0.176. The molecular weight excluding hydrogens is 139 g/mol. The molecule has 0 atom stereocenters. The summed E-state index contributed by atoms with van der Waals surface area (Å²) in [6.45, 7) is 4.60. The number of carbonyl (C=O) groups is 1. The van der Waals surface area contributed by atoms with Gasteiger partial charge in [-0.3, -0.25) is 0 Å². The highest BCUT2D eigenvalue weighted by Gasteiger charge is 1.90. The lowest BCUT2D eigenvalue weighted by Crippen LogP contribution is -1.92. The molecule has 5 heteroatoms. The molecule has 0 bridgehead atoms. The third-order valence-electron chi connectivity index (χ3n) is 0.365. The molecule has 0 saturated heterocycles. The van der Waals surface area contributed by atoms with Crippen molar-refractivity contribution in [2.75, 3.05) is 0 Å². The number of hydrogen-bond donors (Lipinski definition) is 1. The highest BCUT2D eigenvalue weighted by molar-refractivity contribution is 5.84. The number of hydrogen-bond acceptors (Lipinski definition) is 1. The summed E-state index contributed by atoms with van der Waals surface area (Å²) in [4.78, 5) is 9.60. The molecule has 0 spiro atoms. The van der Waals surface area contributed by atoms with Crippen LogP contribution in [0.25, 0.3) is 0 Å². The van der Waals surface area contributed by atoms with Gasteiger partial charge < -0.3 is 16.1 Å². The topological polar surface area (TPSA) is 100 Å². The van der Waals surface area contributed by atoms with E-state index in [1.54, 1.807) is 0 Å². The van der Waals surface area contributed by atoms with E-state index in [2.05, 4.69) is 6.58 Å². The molecule has 0 aliphatic rings. The largest absolute Gasteiger partial charge is 0.478 e. The quantitative estimate of drug-likeness (QED) is 0.366. The van der Waals surface area contributed by atoms with Gasteiger partial charge in [0.15, 0.2) is 0 Å². The average molecular weight is 149 g/mol. The Kier molecular flexibility index (Phi) is 27.6. The molecule has 0 aromatic rings. The first-order valence-corrected chi connectivity index (χ1v) is 1.53. The highest BCUT2D eigenvalue weighted by atomic mass is 27.0. The zero-order chi connectivity index (χ0) is 5.15. The van der Waals surface area contributed by atoms with Crippen LogP contribution in [0.3, 0.4) is 0 Å². The lowest BCUT2D eigenvalue weighted by atomic mass is 10.4. The van der Waals surface area contributed by atoms with Gasteiger partial charge in [0.05, 0.1) is 0 Å². The van der Waals surface area contributed by atoms with Gasteiger partial charge >= 0.3 is 5.97 Å². The van der Waals surface area contributed by atoms with Crippen LogP contribution in [0.1, 0.15) is 6.92 Å². The summed E-state index contributed by atoms with van der Waals surface area (Å²) in [5, 5.41) is 7.89. The SMILES string of the molecule is C=C(C)C(=O)O.O.O.[Al]. The minimum atomic E-state index is -0.935. The Bertz CT molecular complexity index is 78.6. The van der Waals surface area contributed by atoms with Crippen LogP contribution in [-0.4, -0.2) is 39.4 Å². The lowest BCUT2D eigenvalue weighted by molar-refractivity contribution is -0.132. The second-order valence-corrected chi connectivity index (χ2v) is 1.09. The van der Waals surface area contributed by atoms with Gasteiger partial charge in [-0.1, -0.05) is 6.58 Å². The lowest BCUT2D eigenvalue weighted by Gasteiger charge is -1.79. The minimum absolute atomic E-state index is 0. The molecule has 0 aromatic heterocycles. The maximum atomic E-state index is 9.60. The molecule has 0 aliphatic carbocycles. The molecule has 0 amide bonds. The molecule has 53 valence electrons. The van der Waals surface area contributed by atoms with Gasteiger partial charge in [0.25, 0.3) is 0 Å². The van der Waals surface area contributed by atoms with Crippen molar-refractivity contribution in [2.45, 2.75) is 6.92 Å². The molecule has 9 heavy (non-hydrogen) atoms. The Balaban J connectivity index is -0.0000000417. The van der Waals surface area contributed by atoms with E-state index >= 15 is 0 Å². The third-order valence-corrected chi connectivity index (χ3v) is 0.365. The fourth-order valence-electron chi connectivity index (χ4n) is 0. The Labute approximate surface area is 63.9 Å². The second kappa shape index (κ2) is 10.6. The molecule has 5 N–H and O–H groups in total. The Hall–Kier alpha value is -0.338. The summed E-state index contributed by atoms with van der Waals surface area (Å²) < 4.78 is 0. The van der Waals surface area contributed by atoms with E-state index in [0.29, 0.717) is 0 Å². The van der Waals surface area contributed by atoms with Crippen molar-refractivity contribution in [1.82, 2.24) is 0 Å². The number of carboxylic acid groups (broad SMARTS) is 1. The molecule has 0 unspecified atom stereocenters. The van der Waals surface area contributed by atoms with E-state index in [1.165, 1.54) is 6.92 Å². The Morgan fingerprint density at radius 3 is 1.56 bits per heavy atom. The van der Waals surface area contributed by atoms with Crippen LogP contribution in [0.4, 0.5) is 0 Å².